The summed E-state index contributed by atoms with van der Waals surface area (Å²) in [6.07, 6.45) is 0. The van der Waals surface area contributed by atoms with Gasteiger partial charge in [-0.2, -0.15) is 0 Å². The van der Waals surface area contributed by atoms with Gasteiger partial charge in [0.25, 0.3) is 0 Å². The van der Waals surface area contributed by atoms with Crippen molar-refractivity contribution in [1.29, 1.82) is 0 Å². The maximum absolute atomic E-state index is 9.20. The second-order valence-electron chi connectivity index (χ2n) is 2.72. The van der Waals surface area contributed by atoms with E-state index in [0.29, 0.717) is 5.02 Å². The highest BCUT2D eigenvalue weighted by molar-refractivity contribution is 6.31. The average Bonchev–Trinajstić information content (AvgIpc) is 2.08. The Bertz CT molecular complexity index is 275. The maximum Gasteiger partial charge on any atom is 0.116 e. The second-order valence-corrected chi connectivity index (χ2v) is 3.12. The second kappa shape index (κ2) is 3.78. The van der Waals surface area contributed by atoms with E-state index in [2.05, 4.69) is 5.32 Å². The Hall–Kier alpha value is -0.730. The van der Waals surface area contributed by atoms with Gasteiger partial charge in [-0.25, -0.2) is 0 Å². The van der Waals surface area contributed by atoms with E-state index in [0.717, 1.165) is 5.56 Å². The summed E-state index contributed by atoms with van der Waals surface area (Å²) in [5, 5.41) is 12.9. The summed E-state index contributed by atoms with van der Waals surface area (Å²) in [6, 6.07) is 5.10. The lowest BCUT2D eigenvalue weighted by atomic mass is 10.1. The van der Waals surface area contributed by atoms with E-state index >= 15 is 0 Å². The first-order valence-electron chi connectivity index (χ1n) is 3.81. The summed E-state index contributed by atoms with van der Waals surface area (Å²) >= 11 is 5.92. The fourth-order valence-electron chi connectivity index (χ4n) is 1.02. The lowest BCUT2D eigenvalue weighted by Gasteiger charge is -2.12. The lowest BCUT2D eigenvalue weighted by molar-refractivity contribution is 0.473. The predicted molar refractivity (Wildman–Crippen MR) is 50.6 cm³/mol. The first-order chi connectivity index (χ1) is 5.65. The highest BCUT2D eigenvalue weighted by Gasteiger charge is 2.07. The Morgan fingerprint density at radius 3 is 2.75 bits per heavy atom. The van der Waals surface area contributed by atoms with E-state index in [1.807, 2.05) is 14.0 Å². The molecule has 1 atom stereocenters. The molecule has 1 aromatic carbocycles. The Morgan fingerprint density at radius 2 is 2.17 bits per heavy atom. The molecule has 0 aliphatic heterocycles. The third-order valence-corrected chi connectivity index (χ3v) is 2.22. The number of aromatic hydroxyl groups is 1. The zero-order valence-corrected chi connectivity index (χ0v) is 7.89. The number of nitrogens with one attached hydrogen (secondary N) is 1. The molecular weight excluding hydrogens is 174 g/mol. The van der Waals surface area contributed by atoms with Crippen LogP contribution in [0.5, 0.6) is 5.75 Å². The fraction of sp³-hybridized carbons (Fsp3) is 0.333. The molecule has 0 spiro atoms. The Kier molecular flexibility index (Phi) is 2.95. The molecule has 1 unspecified atom stereocenters. The zero-order chi connectivity index (χ0) is 9.14. The van der Waals surface area contributed by atoms with Crippen molar-refractivity contribution in [1.82, 2.24) is 5.32 Å². The van der Waals surface area contributed by atoms with Crippen molar-refractivity contribution >= 4 is 11.6 Å². The minimum Gasteiger partial charge on any atom is -0.508 e. The molecule has 0 saturated heterocycles. The van der Waals surface area contributed by atoms with Gasteiger partial charge in [0.2, 0.25) is 0 Å². The number of benzene rings is 1. The third-order valence-electron chi connectivity index (χ3n) is 1.88. The highest BCUT2D eigenvalue weighted by atomic mass is 35.5. The van der Waals surface area contributed by atoms with E-state index in [-0.39, 0.29) is 11.8 Å². The van der Waals surface area contributed by atoms with Gasteiger partial charge in [-0.1, -0.05) is 11.6 Å². The molecule has 1 rings (SSSR count). The van der Waals surface area contributed by atoms with Crippen LogP contribution in [0.2, 0.25) is 5.02 Å². The summed E-state index contributed by atoms with van der Waals surface area (Å²) in [4.78, 5) is 0. The van der Waals surface area contributed by atoms with E-state index in [1.165, 1.54) is 0 Å². The Labute approximate surface area is 77.2 Å². The molecule has 0 radical (unpaired) electrons. The van der Waals surface area contributed by atoms with Gasteiger partial charge in [-0.3, -0.25) is 0 Å². The van der Waals surface area contributed by atoms with E-state index in [1.54, 1.807) is 18.2 Å². The number of hydrogen-bond acceptors (Lipinski definition) is 2. The van der Waals surface area contributed by atoms with Crippen LogP contribution >= 0.6 is 11.6 Å². The topological polar surface area (TPSA) is 32.3 Å². The van der Waals surface area contributed by atoms with Crippen molar-refractivity contribution in [3.63, 3.8) is 0 Å². The van der Waals surface area contributed by atoms with Crippen LogP contribution < -0.4 is 5.32 Å². The minimum absolute atomic E-state index is 0.157. The molecule has 66 valence electrons. The van der Waals surface area contributed by atoms with Crippen molar-refractivity contribution in [3.05, 3.63) is 28.8 Å². The van der Waals surface area contributed by atoms with Crippen LogP contribution in [0.3, 0.4) is 0 Å². The minimum atomic E-state index is 0.157. The normalized spacial score (nSPS) is 12.9. The molecule has 2 N–H and O–H groups in total. The number of phenols is 1. The van der Waals surface area contributed by atoms with Crippen molar-refractivity contribution in [2.24, 2.45) is 0 Å². The molecular formula is C9H12ClNO. The average molecular weight is 186 g/mol. The molecule has 0 aliphatic carbocycles. The van der Waals surface area contributed by atoms with Crippen LogP contribution in [0.25, 0.3) is 0 Å². The van der Waals surface area contributed by atoms with E-state index in [9.17, 15) is 5.11 Å². The maximum atomic E-state index is 9.20. The molecule has 0 amide bonds. The highest BCUT2D eigenvalue weighted by Crippen LogP contribution is 2.26. The number of phenolic OH excluding ortho intramolecular Hbond substituents is 1. The molecule has 3 heteroatoms. The quantitative estimate of drug-likeness (QED) is 0.741. The van der Waals surface area contributed by atoms with Gasteiger partial charge in [0, 0.05) is 11.1 Å². The van der Waals surface area contributed by atoms with Gasteiger partial charge in [-0.05, 0) is 37.7 Å². The molecule has 1 aromatic rings. The van der Waals surface area contributed by atoms with Crippen molar-refractivity contribution in [3.8, 4) is 5.75 Å². The largest absolute Gasteiger partial charge is 0.508 e. The van der Waals surface area contributed by atoms with Crippen LogP contribution in [0.1, 0.15) is 18.5 Å². The molecule has 0 saturated carbocycles. The Balaban J connectivity index is 3.04. The van der Waals surface area contributed by atoms with Gasteiger partial charge in [0.05, 0.1) is 0 Å². The van der Waals surface area contributed by atoms with Crippen LogP contribution in [-0.4, -0.2) is 12.2 Å². The number of rotatable bonds is 2. The lowest BCUT2D eigenvalue weighted by Crippen LogP contribution is -2.12. The van der Waals surface area contributed by atoms with Crippen LogP contribution in [-0.2, 0) is 0 Å². The molecule has 2 nitrogen and oxygen atoms in total. The smallest absolute Gasteiger partial charge is 0.116 e. The van der Waals surface area contributed by atoms with E-state index < -0.39 is 0 Å². The van der Waals surface area contributed by atoms with Gasteiger partial charge >= 0.3 is 0 Å². The molecule has 0 aliphatic rings. The number of halogens is 1. The summed E-state index contributed by atoms with van der Waals surface area (Å²) in [6.45, 7) is 1.99. The van der Waals surface area contributed by atoms with Crippen molar-refractivity contribution < 1.29 is 5.11 Å². The van der Waals surface area contributed by atoms with Crippen molar-refractivity contribution in [2.45, 2.75) is 13.0 Å². The third kappa shape index (κ3) is 1.90. The number of hydrogen-bond donors (Lipinski definition) is 2. The van der Waals surface area contributed by atoms with Gasteiger partial charge in [-0.15, -0.1) is 0 Å². The van der Waals surface area contributed by atoms with Gasteiger partial charge in [0.1, 0.15) is 5.75 Å². The molecule has 12 heavy (non-hydrogen) atoms. The van der Waals surface area contributed by atoms with Crippen LogP contribution in [0, 0.1) is 0 Å². The molecule has 0 heterocycles. The molecule has 0 bridgehead atoms. The fourth-order valence-corrected chi connectivity index (χ4v) is 1.30. The summed E-state index contributed by atoms with van der Waals surface area (Å²) in [5.74, 6) is 0.247. The van der Waals surface area contributed by atoms with Gasteiger partial charge < -0.3 is 10.4 Å². The predicted octanol–water partition coefficient (Wildman–Crippen LogP) is 2.33. The van der Waals surface area contributed by atoms with Gasteiger partial charge in [0.15, 0.2) is 0 Å². The monoisotopic (exact) mass is 185 g/mol. The van der Waals surface area contributed by atoms with Crippen molar-refractivity contribution in [2.75, 3.05) is 7.05 Å². The first-order valence-corrected chi connectivity index (χ1v) is 4.18. The Morgan fingerprint density at radius 1 is 1.50 bits per heavy atom. The van der Waals surface area contributed by atoms with Crippen LogP contribution in [0.4, 0.5) is 0 Å². The van der Waals surface area contributed by atoms with Crippen LogP contribution in [0.15, 0.2) is 18.2 Å². The SMILES string of the molecule is CNC(C)c1cc(O)ccc1Cl. The molecule has 0 aromatic heterocycles. The summed E-state index contributed by atoms with van der Waals surface area (Å²) in [5.41, 5.74) is 0.916. The summed E-state index contributed by atoms with van der Waals surface area (Å²) < 4.78 is 0. The zero-order valence-electron chi connectivity index (χ0n) is 7.13. The van der Waals surface area contributed by atoms with E-state index in [4.69, 9.17) is 11.6 Å². The summed E-state index contributed by atoms with van der Waals surface area (Å²) in [7, 11) is 1.85. The first kappa shape index (κ1) is 9.36. The molecule has 0 fully saturated rings. The standard InChI is InChI=1S/C9H12ClNO/c1-6(11-2)8-5-7(12)3-4-9(8)10/h3-6,11-12H,1-2H3.